The average molecular weight is 479 g/mol. The van der Waals surface area contributed by atoms with Crippen molar-refractivity contribution in [2.45, 2.75) is 13.0 Å². The molecule has 4 nitrogen and oxygen atoms in total. The van der Waals surface area contributed by atoms with E-state index in [-0.39, 0.29) is 5.91 Å². The number of hydrogen-bond acceptors (Lipinski definition) is 3. The molecule has 3 aromatic rings. The lowest BCUT2D eigenvalue weighted by Gasteiger charge is -2.24. The highest BCUT2D eigenvalue weighted by Crippen LogP contribution is 2.28. The van der Waals surface area contributed by atoms with Crippen molar-refractivity contribution < 1.29 is 14.3 Å². The molecule has 0 spiro atoms. The molecule has 0 saturated carbocycles. The van der Waals surface area contributed by atoms with E-state index in [1.165, 1.54) is 0 Å². The summed E-state index contributed by atoms with van der Waals surface area (Å²) in [5.41, 5.74) is 2.40. The number of methoxy groups -OCH3 is 2. The predicted octanol–water partition coefficient (Wildman–Crippen LogP) is 6.55. The first-order chi connectivity index (χ1) is 14.9. The highest BCUT2D eigenvalue weighted by Gasteiger charge is 2.18. The van der Waals surface area contributed by atoms with Gasteiger partial charge in [0.1, 0.15) is 0 Å². The van der Waals surface area contributed by atoms with Crippen molar-refractivity contribution in [2.75, 3.05) is 20.8 Å². The molecule has 3 aromatic carbocycles. The van der Waals surface area contributed by atoms with Crippen molar-refractivity contribution in [1.29, 1.82) is 0 Å². The van der Waals surface area contributed by atoms with Crippen molar-refractivity contribution in [2.24, 2.45) is 0 Å². The van der Waals surface area contributed by atoms with E-state index < -0.39 is 0 Å². The Bertz CT molecular complexity index is 1050. The van der Waals surface area contributed by atoms with E-state index in [0.717, 1.165) is 11.1 Å². The van der Waals surface area contributed by atoms with Crippen molar-refractivity contribution in [3.8, 4) is 11.5 Å². The number of carbonyl (C=O) groups is 1. The Kier molecular flexibility index (Phi) is 8.08. The number of ether oxygens (including phenoxy) is 2. The monoisotopic (exact) mass is 477 g/mol. The van der Waals surface area contributed by atoms with Crippen molar-refractivity contribution in [3.05, 3.63) is 92.4 Å². The first-order valence-electron chi connectivity index (χ1n) is 9.61. The summed E-state index contributed by atoms with van der Waals surface area (Å²) >= 11 is 18.3. The Morgan fingerprint density at radius 1 is 0.839 bits per heavy atom. The van der Waals surface area contributed by atoms with Crippen molar-refractivity contribution >= 4 is 40.7 Å². The highest BCUT2D eigenvalue weighted by molar-refractivity contribution is 6.35. The molecule has 0 atom stereocenters. The average Bonchev–Trinajstić information content (AvgIpc) is 2.77. The summed E-state index contributed by atoms with van der Waals surface area (Å²) in [6.07, 6.45) is 0.586. The topological polar surface area (TPSA) is 38.8 Å². The van der Waals surface area contributed by atoms with Crippen LogP contribution >= 0.6 is 34.8 Å². The fourth-order valence-corrected chi connectivity index (χ4v) is 3.84. The van der Waals surface area contributed by atoms with Crippen LogP contribution in [0.1, 0.15) is 21.5 Å². The molecule has 0 saturated heterocycles. The quantitative estimate of drug-likeness (QED) is 0.368. The third-order valence-electron chi connectivity index (χ3n) is 4.87. The molecule has 0 aliphatic rings. The van der Waals surface area contributed by atoms with E-state index in [1.807, 2.05) is 24.3 Å². The van der Waals surface area contributed by atoms with Gasteiger partial charge in [-0.3, -0.25) is 4.79 Å². The van der Waals surface area contributed by atoms with Gasteiger partial charge in [-0.2, -0.15) is 0 Å². The van der Waals surface area contributed by atoms with Gasteiger partial charge in [-0.25, -0.2) is 0 Å². The lowest BCUT2D eigenvalue weighted by Crippen LogP contribution is -2.32. The normalized spacial score (nSPS) is 10.6. The first-order valence-corrected chi connectivity index (χ1v) is 10.7. The summed E-state index contributed by atoms with van der Waals surface area (Å²) in [6, 6.07) is 17.9. The molecule has 162 valence electrons. The first kappa shape index (κ1) is 23.3. The van der Waals surface area contributed by atoms with Crippen LogP contribution in [-0.2, 0) is 13.0 Å². The number of halogens is 3. The van der Waals surface area contributed by atoms with E-state index in [2.05, 4.69) is 0 Å². The van der Waals surface area contributed by atoms with Gasteiger partial charge in [0.15, 0.2) is 11.5 Å². The second-order valence-corrected chi connectivity index (χ2v) is 8.19. The van der Waals surface area contributed by atoms with Gasteiger partial charge in [-0.05, 0) is 66.1 Å². The molecule has 0 aliphatic carbocycles. The number of hydrogen-bond donors (Lipinski definition) is 0. The minimum atomic E-state index is -0.100. The van der Waals surface area contributed by atoms with Crippen molar-refractivity contribution in [3.63, 3.8) is 0 Å². The second kappa shape index (κ2) is 10.8. The molecule has 31 heavy (non-hydrogen) atoms. The van der Waals surface area contributed by atoms with Gasteiger partial charge in [0.2, 0.25) is 0 Å². The lowest BCUT2D eigenvalue weighted by atomic mass is 10.1. The summed E-state index contributed by atoms with van der Waals surface area (Å²) in [4.78, 5) is 15.0. The lowest BCUT2D eigenvalue weighted by molar-refractivity contribution is 0.0745. The molecule has 0 aliphatic heterocycles. The molecule has 0 bridgehead atoms. The number of carbonyl (C=O) groups excluding carboxylic acids is 1. The van der Waals surface area contributed by atoms with Gasteiger partial charge in [-0.15, -0.1) is 0 Å². The number of benzene rings is 3. The predicted molar refractivity (Wildman–Crippen MR) is 126 cm³/mol. The van der Waals surface area contributed by atoms with Crippen LogP contribution in [0, 0.1) is 0 Å². The Balaban J connectivity index is 1.86. The van der Waals surface area contributed by atoms with Gasteiger partial charge >= 0.3 is 0 Å². The fourth-order valence-electron chi connectivity index (χ4n) is 3.21. The molecule has 0 unspecified atom stereocenters. The zero-order valence-corrected chi connectivity index (χ0v) is 19.5. The summed E-state index contributed by atoms with van der Waals surface area (Å²) in [7, 11) is 3.17. The highest BCUT2D eigenvalue weighted by atomic mass is 35.5. The van der Waals surface area contributed by atoms with Crippen LogP contribution < -0.4 is 9.47 Å². The Hall–Kier alpha value is -2.40. The minimum absolute atomic E-state index is 0.100. The zero-order chi connectivity index (χ0) is 22.4. The van der Waals surface area contributed by atoms with Crippen molar-refractivity contribution in [1.82, 2.24) is 4.90 Å². The van der Waals surface area contributed by atoms with E-state index in [4.69, 9.17) is 44.3 Å². The van der Waals surface area contributed by atoms with Gasteiger partial charge in [0, 0.05) is 33.7 Å². The standard InChI is InChI=1S/C24H22Cl3NO3/c1-30-22-10-3-16(13-23(22)31-2)15-28(24(29)18-5-7-19(25)8-6-18)12-11-17-4-9-20(26)14-21(17)27/h3-10,13-14H,11-12,15H2,1-2H3. The largest absolute Gasteiger partial charge is 0.493 e. The SMILES string of the molecule is COc1ccc(CN(CCc2ccc(Cl)cc2Cl)C(=O)c2ccc(Cl)cc2)cc1OC. The number of amides is 1. The van der Waals surface area contributed by atoms with Crippen LogP contribution in [0.4, 0.5) is 0 Å². The van der Waals surface area contributed by atoms with Gasteiger partial charge in [-0.1, -0.05) is 46.9 Å². The maximum atomic E-state index is 13.3. The Morgan fingerprint density at radius 2 is 1.52 bits per heavy atom. The number of rotatable bonds is 8. The molecule has 0 radical (unpaired) electrons. The van der Waals surface area contributed by atoms with Crippen LogP contribution in [0.2, 0.25) is 15.1 Å². The van der Waals surface area contributed by atoms with Crippen LogP contribution in [0.3, 0.4) is 0 Å². The smallest absolute Gasteiger partial charge is 0.254 e. The molecular formula is C24H22Cl3NO3. The van der Waals surface area contributed by atoms with E-state index >= 15 is 0 Å². The molecule has 0 fully saturated rings. The van der Waals surface area contributed by atoms with Gasteiger partial charge < -0.3 is 14.4 Å². The molecular weight excluding hydrogens is 457 g/mol. The van der Waals surface area contributed by atoms with E-state index in [9.17, 15) is 4.79 Å². The Labute approximate surface area is 197 Å². The van der Waals surface area contributed by atoms with E-state index in [0.29, 0.717) is 51.6 Å². The van der Waals surface area contributed by atoms with Crippen LogP contribution in [0.5, 0.6) is 11.5 Å². The Morgan fingerprint density at radius 3 is 2.16 bits per heavy atom. The molecule has 0 aromatic heterocycles. The summed E-state index contributed by atoms with van der Waals surface area (Å²) in [5.74, 6) is 1.14. The molecule has 3 rings (SSSR count). The maximum absolute atomic E-state index is 13.3. The van der Waals surface area contributed by atoms with Gasteiger partial charge in [0.05, 0.1) is 14.2 Å². The summed E-state index contributed by atoms with van der Waals surface area (Å²) in [5, 5.41) is 1.74. The van der Waals surface area contributed by atoms with Crippen LogP contribution in [0.25, 0.3) is 0 Å². The summed E-state index contributed by atoms with van der Waals surface area (Å²) in [6.45, 7) is 0.865. The maximum Gasteiger partial charge on any atom is 0.254 e. The molecule has 0 heterocycles. The zero-order valence-electron chi connectivity index (χ0n) is 17.2. The third-order valence-corrected chi connectivity index (χ3v) is 5.70. The summed E-state index contributed by atoms with van der Waals surface area (Å²) < 4.78 is 10.7. The number of nitrogens with zero attached hydrogens (tertiary/aromatic N) is 1. The van der Waals surface area contributed by atoms with Crippen LogP contribution in [-0.4, -0.2) is 31.6 Å². The molecule has 7 heteroatoms. The molecule has 1 amide bonds. The minimum Gasteiger partial charge on any atom is -0.493 e. The molecule has 0 N–H and O–H groups in total. The van der Waals surface area contributed by atoms with Crippen LogP contribution in [0.15, 0.2) is 60.7 Å². The van der Waals surface area contributed by atoms with E-state index in [1.54, 1.807) is 55.5 Å². The fraction of sp³-hybridized carbons (Fsp3) is 0.208. The third kappa shape index (κ3) is 6.07. The van der Waals surface area contributed by atoms with Gasteiger partial charge in [0.25, 0.3) is 5.91 Å². The second-order valence-electron chi connectivity index (χ2n) is 6.91.